The summed E-state index contributed by atoms with van der Waals surface area (Å²) in [6.07, 6.45) is 4.12. The Morgan fingerprint density at radius 2 is 2.00 bits per heavy atom. The average molecular weight is 442 g/mol. The molecule has 1 unspecified atom stereocenters. The molecule has 1 atom stereocenters. The van der Waals surface area contributed by atoms with Crippen molar-refractivity contribution in [2.24, 2.45) is 0 Å². The van der Waals surface area contributed by atoms with Crippen molar-refractivity contribution in [2.45, 2.75) is 39.8 Å². The minimum absolute atomic E-state index is 0.268. The largest absolute Gasteiger partial charge is 0.482 e. The highest BCUT2D eigenvalue weighted by Crippen LogP contribution is 2.38. The number of hydrogen-bond donors (Lipinski definition) is 1. The fourth-order valence-electron chi connectivity index (χ4n) is 4.46. The molecule has 7 nitrogen and oxygen atoms in total. The number of rotatable bonds is 2. The number of aromatic nitrogens is 4. The summed E-state index contributed by atoms with van der Waals surface area (Å²) in [7, 11) is 1.64. The molecule has 168 valence electrons. The Morgan fingerprint density at radius 3 is 2.79 bits per heavy atom. The molecule has 4 heterocycles. The van der Waals surface area contributed by atoms with Crippen molar-refractivity contribution in [2.75, 3.05) is 12.8 Å². The quantitative estimate of drug-likeness (QED) is 0.472. The Kier molecular flexibility index (Phi) is 5.24. The number of nitrogen functional groups attached to an aromatic ring is 1. The zero-order valence-electron chi connectivity index (χ0n) is 19.3. The van der Waals surface area contributed by atoms with Crippen molar-refractivity contribution in [3.63, 3.8) is 0 Å². The Bertz CT molecular complexity index is 1340. The lowest BCUT2D eigenvalue weighted by Crippen LogP contribution is -2.10. The van der Waals surface area contributed by atoms with Gasteiger partial charge in [0.25, 0.3) is 0 Å². The predicted octanol–water partition coefficient (Wildman–Crippen LogP) is 4.97. The van der Waals surface area contributed by atoms with Crippen LogP contribution in [0, 0.1) is 6.92 Å². The number of pyridine rings is 2. The van der Waals surface area contributed by atoms with Gasteiger partial charge in [-0.25, -0.2) is 9.97 Å². The van der Waals surface area contributed by atoms with Crippen LogP contribution in [0.1, 0.15) is 42.2 Å². The molecule has 0 aliphatic carbocycles. The number of methoxy groups -OCH3 is 1. The smallest absolute Gasteiger partial charge is 0.213 e. The molecule has 4 aromatic rings. The van der Waals surface area contributed by atoms with E-state index in [2.05, 4.69) is 48.2 Å². The normalized spacial score (nSPS) is 14.7. The minimum Gasteiger partial charge on any atom is -0.482 e. The summed E-state index contributed by atoms with van der Waals surface area (Å²) >= 11 is 0. The summed E-state index contributed by atoms with van der Waals surface area (Å²) in [6.45, 7) is 6.91. The van der Waals surface area contributed by atoms with Crippen LogP contribution >= 0.6 is 0 Å². The lowest BCUT2D eigenvalue weighted by Gasteiger charge is -2.22. The van der Waals surface area contributed by atoms with Gasteiger partial charge in [0.2, 0.25) is 5.88 Å². The molecule has 7 heteroatoms. The number of anilines is 1. The average Bonchev–Trinajstić information content (AvgIpc) is 3.22. The molecule has 0 saturated carbocycles. The molecular weight excluding hydrogens is 414 g/mol. The van der Waals surface area contributed by atoms with Gasteiger partial charge in [0.05, 0.1) is 24.7 Å². The van der Waals surface area contributed by atoms with Gasteiger partial charge in [-0.1, -0.05) is 29.8 Å². The summed E-state index contributed by atoms with van der Waals surface area (Å²) in [6, 6.07) is 12.3. The third-order valence-corrected chi connectivity index (χ3v) is 6.12. The second-order valence-corrected chi connectivity index (χ2v) is 8.33. The van der Waals surface area contributed by atoms with Gasteiger partial charge in [0, 0.05) is 47.5 Å². The van der Waals surface area contributed by atoms with E-state index < -0.39 is 0 Å². The minimum atomic E-state index is -0.268. The van der Waals surface area contributed by atoms with Crippen LogP contribution in [-0.2, 0) is 13.0 Å². The molecule has 0 spiro atoms. The number of nitrogens with two attached hydrogens (primary N) is 1. The van der Waals surface area contributed by atoms with Gasteiger partial charge in [-0.3, -0.25) is 4.68 Å². The van der Waals surface area contributed by atoms with E-state index in [1.807, 2.05) is 29.9 Å². The summed E-state index contributed by atoms with van der Waals surface area (Å²) in [5.41, 5.74) is 14.4. The van der Waals surface area contributed by atoms with Crippen LogP contribution in [-0.4, -0.2) is 26.9 Å². The van der Waals surface area contributed by atoms with E-state index in [9.17, 15) is 0 Å². The molecule has 1 aromatic carbocycles. The first-order chi connectivity index (χ1) is 16.0. The number of ether oxygens (including phenoxy) is 2. The maximum Gasteiger partial charge on any atom is 0.213 e. The first-order valence-corrected chi connectivity index (χ1v) is 11.1. The highest BCUT2D eigenvalue weighted by molar-refractivity contribution is 5.72. The Labute approximate surface area is 193 Å². The van der Waals surface area contributed by atoms with E-state index in [4.69, 9.17) is 20.2 Å². The number of aryl methyl sites for hydroxylation is 2. The first-order valence-electron chi connectivity index (χ1n) is 11.1. The number of benzene rings is 1. The monoisotopic (exact) mass is 441 g/mol. The second kappa shape index (κ2) is 8.24. The van der Waals surface area contributed by atoms with Crippen molar-refractivity contribution in [1.82, 2.24) is 19.7 Å². The number of hydrogen-bond acceptors (Lipinski definition) is 6. The SMILES string of the molecule is CCn1ncc2c1-c1cnc(N)c(c1)OC(C)c1cc(C)ccc1-c1nc(OC)ccc1C2. The van der Waals surface area contributed by atoms with Crippen molar-refractivity contribution >= 4 is 5.82 Å². The molecule has 0 saturated heterocycles. The molecular formula is C26H27N5O2. The predicted molar refractivity (Wildman–Crippen MR) is 128 cm³/mol. The van der Waals surface area contributed by atoms with Crippen LogP contribution in [0.4, 0.5) is 5.82 Å². The lowest BCUT2D eigenvalue weighted by atomic mass is 9.92. The van der Waals surface area contributed by atoms with Crippen LogP contribution in [0.2, 0.25) is 0 Å². The number of fused-ring (bicyclic) bond motifs is 7. The molecule has 5 rings (SSSR count). The van der Waals surface area contributed by atoms with E-state index in [0.29, 0.717) is 23.9 Å². The maximum atomic E-state index is 6.40. The zero-order chi connectivity index (χ0) is 23.1. The first kappa shape index (κ1) is 21.0. The highest BCUT2D eigenvalue weighted by atomic mass is 16.5. The van der Waals surface area contributed by atoms with Gasteiger partial charge in [-0.2, -0.15) is 5.10 Å². The molecule has 0 fully saturated rings. The molecule has 33 heavy (non-hydrogen) atoms. The third kappa shape index (κ3) is 3.69. The van der Waals surface area contributed by atoms with Crippen LogP contribution in [0.15, 0.2) is 48.8 Å². The fraction of sp³-hybridized carbons (Fsp3) is 0.269. The molecule has 2 bridgehead atoms. The van der Waals surface area contributed by atoms with Crippen LogP contribution in [0.25, 0.3) is 22.5 Å². The summed E-state index contributed by atoms with van der Waals surface area (Å²) < 4.78 is 13.9. The molecule has 0 amide bonds. The van der Waals surface area contributed by atoms with E-state index >= 15 is 0 Å². The van der Waals surface area contributed by atoms with E-state index in [-0.39, 0.29) is 6.10 Å². The van der Waals surface area contributed by atoms with Gasteiger partial charge >= 0.3 is 0 Å². The third-order valence-electron chi connectivity index (χ3n) is 6.12. The highest BCUT2D eigenvalue weighted by Gasteiger charge is 2.23. The van der Waals surface area contributed by atoms with Crippen molar-refractivity contribution in [3.05, 3.63) is 71.0 Å². The van der Waals surface area contributed by atoms with Crippen molar-refractivity contribution < 1.29 is 9.47 Å². The van der Waals surface area contributed by atoms with Gasteiger partial charge in [-0.05, 0) is 32.4 Å². The van der Waals surface area contributed by atoms with Gasteiger partial charge in [0.15, 0.2) is 11.6 Å². The Balaban J connectivity index is 1.82. The molecule has 0 radical (unpaired) electrons. The second-order valence-electron chi connectivity index (χ2n) is 8.33. The van der Waals surface area contributed by atoms with Crippen LogP contribution < -0.4 is 15.2 Å². The van der Waals surface area contributed by atoms with E-state index in [1.165, 1.54) is 0 Å². The van der Waals surface area contributed by atoms with Crippen molar-refractivity contribution in [3.8, 4) is 34.1 Å². The summed E-state index contributed by atoms with van der Waals surface area (Å²) in [4.78, 5) is 9.31. The maximum absolute atomic E-state index is 6.40. The molecule has 2 N–H and O–H groups in total. The Morgan fingerprint density at radius 1 is 1.15 bits per heavy atom. The van der Waals surface area contributed by atoms with Crippen LogP contribution in [0.3, 0.4) is 0 Å². The molecule has 1 aliphatic rings. The zero-order valence-corrected chi connectivity index (χ0v) is 19.3. The lowest BCUT2D eigenvalue weighted by molar-refractivity contribution is 0.228. The number of nitrogens with zero attached hydrogens (tertiary/aromatic N) is 4. The molecule has 3 aromatic heterocycles. The standard InChI is InChI=1S/C26H27N5O2/c1-5-31-25-18(14-29-31)11-17-7-9-23(32-4)30-24(17)20-8-6-15(2)10-21(20)16(3)33-22-12-19(25)13-28-26(22)27/h6-10,12-14,16H,5,11H2,1-4H3,(H2,27,28). The molecule has 1 aliphatic heterocycles. The van der Waals surface area contributed by atoms with E-state index in [1.54, 1.807) is 13.3 Å². The Hall–Kier alpha value is -3.87. The van der Waals surface area contributed by atoms with Gasteiger partial charge in [-0.15, -0.1) is 0 Å². The van der Waals surface area contributed by atoms with E-state index in [0.717, 1.165) is 51.3 Å². The van der Waals surface area contributed by atoms with Gasteiger partial charge in [0.1, 0.15) is 6.10 Å². The van der Waals surface area contributed by atoms with Crippen molar-refractivity contribution in [1.29, 1.82) is 0 Å². The topological polar surface area (TPSA) is 88.1 Å². The van der Waals surface area contributed by atoms with Gasteiger partial charge < -0.3 is 15.2 Å². The summed E-state index contributed by atoms with van der Waals surface area (Å²) in [5, 5.41) is 4.63. The van der Waals surface area contributed by atoms with Crippen LogP contribution in [0.5, 0.6) is 11.6 Å². The summed E-state index contributed by atoms with van der Waals surface area (Å²) in [5.74, 6) is 1.49. The fourth-order valence-corrected chi connectivity index (χ4v) is 4.46.